The van der Waals surface area contributed by atoms with E-state index in [0.29, 0.717) is 0 Å². The zero-order valence-corrected chi connectivity index (χ0v) is 9.71. The first-order valence-electron chi connectivity index (χ1n) is 6.64. The Bertz CT molecular complexity index is 307. The van der Waals surface area contributed by atoms with Crippen LogP contribution >= 0.6 is 0 Å². The molecule has 3 fully saturated rings. The molecule has 3 rings (SSSR count). The number of amides is 2. The molecule has 0 aromatic carbocycles. The van der Waals surface area contributed by atoms with Crippen molar-refractivity contribution in [3.05, 3.63) is 0 Å². The Kier molecular flexibility index (Phi) is 2.30. The Hall–Kier alpha value is -0.860. The van der Waals surface area contributed by atoms with E-state index >= 15 is 0 Å². The number of nitrogens with zero attached hydrogens (tertiary/aromatic N) is 1. The smallest absolute Gasteiger partial charge is 0.245 e. The van der Waals surface area contributed by atoms with Gasteiger partial charge in [-0.15, -0.1) is 0 Å². The van der Waals surface area contributed by atoms with Crippen molar-refractivity contribution >= 4 is 11.8 Å². The Balaban J connectivity index is 1.75. The van der Waals surface area contributed by atoms with Gasteiger partial charge in [-0.2, -0.15) is 0 Å². The number of carbonyl (C=O) groups excluding carboxylic acids is 2. The molecule has 2 saturated carbocycles. The van der Waals surface area contributed by atoms with Gasteiger partial charge < -0.3 is 0 Å². The van der Waals surface area contributed by atoms with Gasteiger partial charge in [0.25, 0.3) is 0 Å². The van der Waals surface area contributed by atoms with Crippen molar-refractivity contribution in [1.29, 1.82) is 0 Å². The molecule has 0 aromatic heterocycles. The molecule has 88 valence electrons. The van der Waals surface area contributed by atoms with Gasteiger partial charge in [0, 0.05) is 6.04 Å². The van der Waals surface area contributed by atoms with E-state index in [1.165, 1.54) is 19.3 Å². The number of hydrogen-bond donors (Lipinski definition) is 0. The summed E-state index contributed by atoms with van der Waals surface area (Å²) >= 11 is 0. The van der Waals surface area contributed by atoms with E-state index in [1.54, 1.807) is 4.90 Å². The van der Waals surface area contributed by atoms with Crippen molar-refractivity contribution in [3.8, 4) is 0 Å². The van der Waals surface area contributed by atoms with E-state index in [2.05, 4.69) is 0 Å². The Labute approximate surface area is 96.2 Å². The Morgan fingerprint density at radius 1 is 0.875 bits per heavy atom. The van der Waals surface area contributed by atoms with Crippen LogP contribution in [-0.2, 0) is 9.59 Å². The fourth-order valence-electron chi connectivity index (χ4n) is 3.67. The number of carbonyl (C=O) groups is 2. The summed E-state index contributed by atoms with van der Waals surface area (Å²) in [6.45, 7) is 0. The molecule has 1 aliphatic heterocycles. The largest absolute Gasteiger partial charge is 0.278 e. The number of rotatable bonds is 1. The molecule has 1 saturated heterocycles. The molecular weight excluding hydrogens is 202 g/mol. The van der Waals surface area contributed by atoms with Crippen LogP contribution < -0.4 is 0 Å². The lowest BCUT2D eigenvalue weighted by Gasteiger charge is -2.48. The van der Waals surface area contributed by atoms with Gasteiger partial charge in [-0.05, 0) is 25.7 Å². The second-order valence-electron chi connectivity index (χ2n) is 5.56. The van der Waals surface area contributed by atoms with Crippen LogP contribution in [0, 0.1) is 5.41 Å². The van der Waals surface area contributed by atoms with Gasteiger partial charge in [-0.1, -0.05) is 32.1 Å². The first-order valence-corrected chi connectivity index (χ1v) is 6.64. The van der Waals surface area contributed by atoms with E-state index in [0.717, 1.165) is 38.5 Å². The topological polar surface area (TPSA) is 37.4 Å². The molecule has 0 atom stereocenters. The lowest BCUT2D eigenvalue weighted by Crippen LogP contribution is -2.68. The first-order chi connectivity index (χ1) is 7.76. The van der Waals surface area contributed by atoms with Crippen LogP contribution in [0.3, 0.4) is 0 Å². The summed E-state index contributed by atoms with van der Waals surface area (Å²) in [5.41, 5.74) is -0.544. The zero-order chi connectivity index (χ0) is 11.2. The van der Waals surface area contributed by atoms with Crippen LogP contribution in [0.15, 0.2) is 0 Å². The molecule has 0 N–H and O–H groups in total. The van der Waals surface area contributed by atoms with Crippen LogP contribution in [-0.4, -0.2) is 22.8 Å². The summed E-state index contributed by atoms with van der Waals surface area (Å²) in [6.07, 6.45) is 9.41. The average Bonchev–Trinajstić information content (AvgIpc) is 2.82. The van der Waals surface area contributed by atoms with Crippen molar-refractivity contribution in [1.82, 2.24) is 4.90 Å². The minimum atomic E-state index is -0.544. The summed E-state index contributed by atoms with van der Waals surface area (Å²) in [6, 6.07) is 0.236. The van der Waals surface area contributed by atoms with Gasteiger partial charge in [0.1, 0.15) is 5.41 Å². The molecule has 0 aromatic rings. The van der Waals surface area contributed by atoms with Crippen molar-refractivity contribution in [3.63, 3.8) is 0 Å². The third-order valence-corrected chi connectivity index (χ3v) is 4.65. The molecular formula is C13H19NO2. The fraction of sp³-hybridized carbons (Fsp3) is 0.846. The molecule has 3 aliphatic rings. The monoisotopic (exact) mass is 221 g/mol. The van der Waals surface area contributed by atoms with Gasteiger partial charge in [0.05, 0.1) is 0 Å². The predicted octanol–water partition coefficient (Wildman–Crippen LogP) is 2.25. The number of likely N-dealkylation sites (tertiary alicyclic amines) is 1. The molecule has 1 heterocycles. The maximum absolute atomic E-state index is 12.2. The SMILES string of the molecule is O=C1N(C2CCCCC2)C(=O)C12CCCC2. The van der Waals surface area contributed by atoms with Crippen molar-refractivity contribution < 1.29 is 9.59 Å². The zero-order valence-electron chi connectivity index (χ0n) is 9.71. The molecule has 0 unspecified atom stereocenters. The summed E-state index contributed by atoms with van der Waals surface area (Å²) in [7, 11) is 0. The molecule has 3 heteroatoms. The molecule has 0 radical (unpaired) electrons. The highest BCUT2D eigenvalue weighted by Gasteiger charge is 2.62. The van der Waals surface area contributed by atoms with E-state index in [-0.39, 0.29) is 17.9 Å². The molecule has 0 bridgehead atoms. The molecule has 3 nitrogen and oxygen atoms in total. The van der Waals surface area contributed by atoms with Crippen LogP contribution in [0.5, 0.6) is 0 Å². The normalized spacial score (nSPS) is 29.9. The van der Waals surface area contributed by atoms with Crippen LogP contribution in [0.1, 0.15) is 57.8 Å². The molecule has 1 spiro atoms. The van der Waals surface area contributed by atoms with Gasteiger partial charge in [0.15, 0.2) is 0 Å². The fourth-order valence-corrected chi connectivity index (χ4v) is 3.67. The second kappa shape index (κ2) is 3.57. The van der Waals surface area contributed by atoms with Gasteiger partial charge in [0.2, 0.25) is 11.8 Å². The van der Waals surface area contributed by atoms with Crippen molar-refractivity contribution in [2.24, 2.45) is 5.41 Å². The number of β-lactam (4-membered cyclic amide) rings is 2. The minimum Gasteiger partial charge on any atom is -0.278 e. The number of imide groups is 1. The van der Waals surface area contributed by atoms with Gasteiger partial charge >= 0.3 is 0 Å². The summed E-state index contributed by atoms with van der Waals surface area (Å²) in [5.74, 6) is 0.309. The predicted molar refractivity (Wildman–Crippen MR) is 59.6 cm³/mol. The third-order valence-electron chi connectivity index (χ3n) is 4.65. The molecule has 16 heavy (non-hydrogen) atoms. The summed E-state index contributed by atoms with van der Waals surface area (Å²) in [5, 5.41) is 0. The highest BCUT2D eigenvalue weighted by molar-refractivity contribution is 6.22. The summed E-state index contributed by atoms with van der Waals surface area (Å²) in [4.78, 5) is 26.0. The lowest BCUT2D eigenvalue weighted by atomic mass is 9.74. The Morgan fingerprint density at radius 3 is 2.00 bits per heavy atom. The average molecular weight is 221 g/mol. The highest BCUT2D eigenvalue weighted by atomic mass is 16.2. The third kappa shape index (κ3) is 1.20. The van der Waals surface area contributed by atoms with Crippen LogP contribution in [0.4, 0.5) is 0 Å². The Morgan fingerprint density at radius 2 is 1.44 bits per heavy atom. The van der Waals surface area contributed by atoms with Crippen LogP contribution in [0.25, 0.3) is 0 Å². The quantitative estimate of drug-likeness (QED) is 0.503. The van der Waals surface area contributed by atoms with E-state index in [4.69, 9.17) is 0 Å². The number of hydrogen-bond acceptors (Lipinski definition) is 2. The first kappa shape index (κ1) is 10.3. The minimum absolute atomic E-state index is 0.155. The molecule has 2 aliphatic carbocycles. The standard InChI is InChI=1S/C13H19NO2/c15-11-13(8-4-5-9-13)12(16)14(11)10-6-2-1-3-7-10/h10H,1-9H2. The van der Waals surface area contributed by atoms with E-state index in [1.807, 2.05) is 0 Å². The van der Waals surface area contributed by atoms with E-state index < -0.39 is 5.41 Å². The van der Waals surface area contributed by atoms with Gasteiger partial charge in [-0.25, -0.2) is 0 Å². The molecule has 2 amide bonds. The van der Waals surface area contributed by atoms with E-state index in [9.17, 15) is 9.59 Å². The van der Waals surface area contributed by atoms with Crippen molar-refractivity contribution in [2.75, 3.05) is 0 Å². The lowest BCUT2D eigenvalue weighted by molar-refractivity contribution is -0.180. The summed E-state index contributed by atoms with van der Waals surface area (Å²) < 4.78 is 0. The van der Waals surface area contributed by atoms with Crippen LogP contribution in [0.2, 0.25) is 0 Å². The highest BCUT2D eigenvalue weighted by Crippen LogP contribution is 2.49. The van der Waals surface area contributed by atoms with Crippen molar-refractivity contribution in [2.45, 2.75) is 63.8 Å². The maximum Gasteiger partial charge on any atom is 0.245 e. The van der Waals surface area contributed by atoms with Gasteiger partial charge in [-0.3, -0.25) is 14.5 Å². The second-order valence-corrected chi connectivity index (χ2v) is 5.56. The maximum atomic E-state index is 12.2.